The molecule has 1 aromatic carbocycles. The van der Waals surface area contributed by atoms with Gasteiger partial charge in [0.25, 0.3) is 11.3 Å². The van der Waals surface area contributed by atoms with E-state index in [4.69, 9.17) is 4.74 Å². The van der Waals surface area contributed by atoms with Crippen LogP contribution in [0.4, 0.5) is 0 Å². The van der Waals surface area contributed by atoms with Gasteiger partial charge in [-0.1, -0.05) is 18.2 Å². The minimum Gasteiger partial charge on any atom is -0.461 e. The minimum atomic E-state index is -0.370. The summed E-state index contributed by atoms with van der Waals surface area (Å²) in [6.07, 6.45) is 2.12. The molecule has 0 aliphatic carbocycles. The molecule has 0 aliphatic heterocycles. The van der Waals surface area contributed by atoms with Gasteiger partial charge in [-0.25, -0.2) is 9.50 Å². The predicted octanol–water partition coefficient (Wildman–Crippen LogP) is 2.26. The Morgan fingerprint density at radius 1 is 1.25 bits per heavy atom. The number of rotatable bonds is 5. The smallest absolute Gasteiger partial charge is 0.306 e. The van der Waals surface area contributed by atoms with Crippen LogP contribution in [-0.2, 0) is 22.6 Å². The summed E-state index contributed by atoms with van der Waals surface area (Å²) >= 11 is 0. The number of nitrogens with zero attached hydrogens (tertiary/aromatic N) is 4. The van der Waals surface area contributed by atoms with Gasteiger partial charge in [-0.3, -0.25) is 9.59 Å². The molecule has 0 unspecified atom stereocenters. The Bertz CT molecular complexity index is 1240. The second-order valence-electron chi connectivity index (χ2n) is 6.60. The number of carbonyl (C=O) groups is 1. The van der Waals surface area contributed by atoms with Crippen LogP contribution in [0.1, 0.15) is 28.9 Å². The summed E-state index contributed by atoms with van der Waals surface area (Å²) in [6, 6.07) is 9.22. The largest absolute Gasteiger partial charge is 0.461 e. The fourth-order valence-electron chi connectivity index (χ4n) is 3.27. The van der Waals surface area contributed by atoms with Crippen molar-refractivity contribution in [3.8, 4) is 0 Å². The number of H-pyrrole nitrogens is 1. The number of para-hydroxylation sites is 1. The first kappa shape index (κ1) is 17.8. The number of aromatic nitrogens is 5. The highest BCUT2D eigenvalue weighted by Crippen LogP contribution is 2.16. The van der Waals surface area contributed by atoms with Crippen LogP contribution in [0.2, 0.25) is 0 Å². The number of nitrogens with one attached hydrogen (secondary N) is 1. The van der Waals surface area contributed by atoms with Crippen LogP contribution in [0.5, 0.6) is 0 Å². The zero-order valence-electron chi connectivity index (χ0n) is 15.6. The molecule has 0 fully saturated rings. The van der Waals surface area contributed by atoms with Gasteiger partial charge in [-0.15, -0.1) is 0 Å². The van der Waals surface area contributed by atoms with E-state index >= 15 is 0 Å². The number of hydrogen-bond acceptors (Lipinski definition) is 6. The molecule has 0 saturated heterocycles. The molecular formula is C20H19N5O3. The quantitative estimate of drug-likeness (QED) is 0.535. The molecule has 0 atom stereocenters. The van der Waals surface area contributed by atoms with E-state index in [1.165, 1.54) is 6.33 Å². The van der Waals surface area contributed by atoms with E-state index < -0.39 is 0 Å². The zero-order valence-corrected chi connectivity index (χ0v) is 15.6. The number of hydrogen-bond donors (Lipinski definition) is 1. The number of aryl methyl sites for hydroxylation is 2. The molecule has 0 amide bonds. The summed E-state index contributed by atoms with van der Waals surface area (Å²) in [6.45, 7) is 3.75. The van der Waals surface area contributed by atoms with E-state index in [1.807, 2.05) is 38.1 Å². The number of ether oxygens (including phenoxy) is 1. The van der Waals surface area contributed by atoms with Gasteiger partial charge >= 0.3 is 5.97 Å². The lowest BCUT2D eigenvalue weighted by Gasteiger charge is -2.10. The van der Waals surface area contributed by atoms with Crippen LogP contribution in [0.15, 0.2) is 41.5 Å². The van der Waals surface area contributed by atoms with Gasteiger partial charge in [0.1, 0.15) is 12.9 Å². The van der Waals surface area contributed by atoms with E-state index in [-0.39, 0.29) is 24.6 Å². The first-order chi connectivity index (χ1) is 13.5. The summed E-state index contributed by atoms with van der Waals surface area (Å²) < 4.78 is 6.97. The van der Waals surface area contributed by atoms with Gasteiger partial charge in [0, 0.05) is 23.3 Å². The molecule has 4 rings (SSSR count). The normalized spacial score (nSPS) is 11.2. The third kappa shape index (κ3) is 3.36. The van der Waals surface area contributed by atoms with Crippen LogP contribution < -0.4 is 5.56 Å². The summed E-state index contributed by atoms with van der Waals surface area (Å²) in [5, 5.41) is 5.04. The maximum absolute atomic E-state index is 12.2. The van der Waals surface area contributed by atoms with E-state index in [9.17, 15) is 9.59 Å². The molecular weight excluding hydrogens is 358 g/mol. The minimum absolute atomic E-state index is 0.0582. The van der Waals surface area contributed by atoms with E-state index in [2.05, 4.69) is 20.1 Å². The number of carbonyl (C=O) groups excluding carboxylic acids is 1. The van der Waals surface area contributed by atoms with Gasteiger partial charge in [-0.05, 0) is 43.4 Å². The molecule has 142 valence electrons. The Hall–Kier alpha value is -3.55. The predicted molar refractivity (Wildman–Crippen MR) is 103 cm³/mol. The second kappa shape index (κ2) is 7.22. The van der Waals surface area contributed by atoms with Crippen molar-refractivity contribution in [2.45, 2.75) is 33.3 Å². The molecule has 8 heteroatoms. The van der Waals surface area contributed by atoms with Crippen LogP contribution in [0, 0.1) is 13.8 Å². The monoisotopic (exact) mass is 377 g/mol. The number of fused-ring (bicyclic) bond motifs is 2. The SMILES string of the molecule is Cc1nc2ncnn2c(C)c1CCC(=O)OCc1cc2ccccc2[nH]c1=O. The van der Waals surface area contributed by atoms with Crippen LogP contribution in [0.3, 0.4) is 0 Å². The van der Waals surface area contributed by atoms with Crippen molar-refractivity contribution in [1.29, 1.82) is 0 Å². The number of aromatic amines is 1. The highest BCUT2D eigenvalue weighted by molar-refractivity contribution is 5.78. The lowest BCUT2D eigenvalue weighted by atomic mass is 10.1. The van der Waals surface area contributed by atoms with Gasteiger partial charge in [0.05, 0.1) is 5.56 Å². The number of benzene rings is 1. The first-order valence-electron chi connectivity index (χ1n) is 8.95. The van der Waals surface area contributed by atoms with E-state index in [0.717, 1.165) is 27.9 Å². The fraction of sp³-hybridized carbons (Fsp3) is 0.250. The molecule has 28 heavy (non-hydrogen) atoms. The Labute approximate surface area is 160 Å². The van der Waals surface area contributed by atoms with Crippen LogP contribution in [0.25, 0.3) is 16.7 Å². The van der Waals surface area contributed by atoms with Gasteiger partial charge < -0.3 is 9.72 Å². The van der Waals surface area contributed by atoms with Gasteiger partial charge in [-0.2, -0.15) is 10.1 Å². The van der Waals surface area contributed by atoms with E-state index in [1.54, 1.807) is 10.6 Å². The van der Waals surface area contributed by atoms with Crippen LogP contribution in [-0.4, -0.2) is 30.5 Å². The summed E-state index contributed by atoms with van der Waals surface area (Å²) in [4.78, 5) is 35.6. The molecule has 1 N–H and O–H groups in total. The summed E-state index contributed by atoms with van der Waals surface area (Å²) in [5.41, 5.74) is 3.59. The summed E-state index contributed by atoms with van der Waals surface area (Å²) in [7, 11) is 0. The Morgan fingerprint density at radius 2 is 2.07 bits per heavy atom. The highest BCUT2D eigenvalue weighted by Gasteiger charge is 2.14. The van der Waals surface area contributed by atoms with Crippen molar-refractivity contribution in [3.63, 3.8) is 0 Å². The molecule has 0 bridgehead atoms. The van der Waals surface area contributed by atoms with Crippen molar-refractivity contribution >= 4 is 22.6 Å². The first-order valence-corrected chi connectivity index (χ1v) is 8.95. The van der Waals surface area contributed by atoms with Gasteiger partial charge in [0.2, 0.25) is 0 Å². The highest BCUT2D eigenvalue weighted by atomic mass is 16.5. The van der Waals surface area contributed by atoms with Crippen molar-refractivity contribution in [2.24, 2.45) is 0 Å². The molecule has 3 heterocycles. The Balaban J connectivity index is 1.43. The van der Waals surface area contributed by atoms with E-state index in [0.29, 0.717) is 17.8 Å². The number of pyridine rings is 1. The average Bonchev–Trinajstić information content (AvgIpc) is 3.14. The topological polar surface area (TPSA) is 102 Å². The zero-order chi connectivity index (χ0) is 19.7. The fourth-order valence-corrected chi connectivity index (χ4v) is 3.27. The van der Waals surface area contributed by atoms with Gasteiger partial charge in [0.15, 0.2) is 0 Å². The molecule has 0 spiro atoms. The Kier molecular flexibility index (Phi) is 4.60. The van der Waals surface area contributed by atoms with Crippen molar-refractivity contribution in [2.75, 3.05) is 0 Å². The average molecular weight is 377 g/mol. The lowest BCUT2D eigenvalue weighted by molar-refractivity contribution is -0.144. The lowest BCUT2D eigenvalue weighted by Crippen LogP contribution is -2.16. The maximum atomic E-state index is 12.2. The van der Waals surface area contributed by atoms with Crippen molar-refractivity contribution in [1.82, 2.24) is 24.6 Å². The number of esters is 1. The van der Waals surface area contributed by atoms with Crippen LogP contribution >= 0.6 is 0 Å². The molecule has 0 saturated carbocycles. The molecule has 0 aliphatic rings. The molecule has 4 aromatic rings. The Morgan fingerprint density at radius 3 is 2.93 bits per heavy atom. The second-order valence-corrected chi connectivity index (χ2v) is 6.60. The van der Waals surface area contributed by atoms with Crippen molar-refractivity contribution < 1.29 is 9.53 Å². The third-order valence-corrected chi connectivity index (χ3v) is 4.79. The standard InChI is InChI=1S/C20H19N5O3/c1-12-16(13(2)25-20(23-12)21-11-22-25)7-8-18(26)28-10-15-9-14-5-3-4-6-17(14)24-19(15)27/h3-6,9,11H,7-8,10H2,1-2H3,(H,24,27). The van der Waals surface area contributed by atoms with Crippen molar-refractivity contribution in [3.05, 3.63) is 69.5 Å². The molecule has 3 aromatic heterocycles. The molecule has 0 radical (unpaired) electrons. The maximum Gasteiger partial charge on any atom is 0.306 e. The molecule has 8 nitrogen and oxygen atoms in total. The third-order valence-electron chi connectivity index (χ3n) is 4.79. The summed E-state index contributed by atoms with van der Waals surface area (Å²) in [5.74, 6) is 0.168.